The van der Waals surface area contributed by atoms with Crippen molar-refractivity contribution in [2.24, 2.45) is 5.92 Å². The predicted molar refractivity (Wildman–Crippen MR) is 82.5 cm³/mol. The van der Waals surface area contributed by atoms with E-state index in [1.54, 1.807) is 0 Å². The Bertz CT molecular complexity index is 1040. The first-order valence-corrected chi connectivity index (χ1v) is 7.22. The Morgan fingerprint density at radius 2 is 2.50 bits per heavy atom. The molecule has 2 unspecified atom stereocenters. The van der Waals surface area contributed by atoms with Crippen molar-refractivity contribution < 1.29 is 28.3 Å². The summed E-state index contributed by atoms with van der Waals surface area (Å²) < 4.78 is 92.5. The van der Waals surface area contributed by atoms with Gasteiger partial charge in [0.05, 0.1) is 13.9 Å². The average molecular weight is 309 g/mol. The second-order valence-electron chi connectivity index (χ2n) is 6.12. The van der Waals surface area contributed by atoms with Crippen molar-refractivity contribution in [3.63, 3.8) is 0 Å². The second kappa shape index (κ2) is 4.06. The van der Waals surface area contributed by atoms with Crippen LogP contribution in [0.3, 0.4) is 0 Å². The molecule has 0 amide bonds. The minimum absolute atomic E-state index is 0.0190. The third kappa shape index (κ3) is 1.28. The van der Waals surface area contributed by atoms with E-state index < -0.39 is 49.9 Å². The quantitative estimate of drug-likeness (QED) is 0.798. The summed E-state index contributed by atoms with van der Waals surface area (Å²) in [7, 11) is -2.86. The fraction of sp³-hybridized carbons (Fsp3) is 0.556. The van der Waals surface area contributed by atoms with Gasteiger partial charge in [-0.25, -0.2) is 0 Å². The van der Waals surface area contributed by atoms with Gasteiger partial charge in [-0.1, -0.05) is 18.2 Å². The van der Waals surface area contributed by atoms with Gasteiger partial charge in [-0.15, -0.1) is 0 Å². The third-order valence-corrected chi connectivity index (χ3v) is 5.28. The van der Waals surface area contributed by atoms with Gasteiger partial charge in [-0.3, -0.25) is 0 Å². The molecule has 1 fully saturated rings. The molecule has 4 aliphatic rings. The Balaban J connectivity index is 1.85. The molecule has 4 nitrogen and oxygen atoms in total. The smallest absolute Gasteiger partial charge is 0.165 e. The van der Waals surface area contributed by atoms with Crippen LogP contribution in [0.1, 0.15) is 31.3 Å². The molecule has 1 aromatic carbocycles. The molecular formula is C18H21NO3. The van der Waals surface area contributed by atoms with E-state index in [4.69, 9.17) is 23.2 Å². The van der Waals surface area contributed by atoms with Crippen molar-refractivity contribution in [1.29, 1.82) is 0 Å². The minimum Gasteiger partial charge on any atom is -0.493 e. The van der Waals surface area contributed by atoms with Crippen molar-refractivity contribution in [3.05, 3.63) is 35.4 Å². The topological polar surface area (TPSA) is 41.9 Å². The van der Waals surface area contributed by atoms with Gasteiger partial charge in [0.15, 0.2) is 11.5 Å². The number of likely N-dealkylation sites (tertiary alicyclic amines) is 1. The van der Waals surface area contributed by atoms with Gasteiger partial charge in [0.1, 0.15) is 12.2 Å². The molecule has 4 heteroatoms. The Morgan fingerprint density at radius 3 is 3.36 bits per heavy atom. The van der Waals surface area contributed by atoms with Crippen LogP contribution in [-0.4, -0.2) is 48.8 Å². The molecule has 2 heterocycles. The van der Waals surface area contributed by atoms with Crippen LogP contribution in [-0.2, 0) is 11.8 Å². The van der Waals surface area contributed by atoms with E-state index in [1.807, 2.05) is 0 Å². The number of aliphatic hydroxyl groups is 1. The van der Waals surface area contributed by atoms with E-state index in [1.165, 1.54) is 18.2 Å². The highest BCUT2D eigenvalue weighted by atomic mass is 16.5. The normalized spacial score (nSPS) is 57.9. The Kier molecular flexibility index (Phi) is 1.21. The molecule has 2 aliphatic carbocycles. The van der Waals surface area contributed by atoms with E-state index in [-0.39, 0.29) is 35.6 Å². The molecule has 0 radical (unpaired) electrons. The number of likely N-dealkylation sites (N-methyl/N-ethyl adjacent to an activating group) is 1. The molecule has 5 atom stereocenters. The van der Waals surface area contributed by atoms with E-state index in [9.17, 15) is 5.11 Å². The van der Waals surface area contributed by atoms with Crippen molar-refractivity contribution in [2.45, 2.75) is 36.4 Å². The first-order valence-electron chi connectivity index (χ1n) is 12.2. The average Bonchev–Trinajstić information content (AvgIpc) is 2.89. The fourth-order valence-electron chi connectivity index (χ4n) is 4.39. The monoisotopic (exact) mass is 309 g/mol. The van der Waals surface area contributed by atoms with Crippen molar-refractivity contribution in [2.75, 3.05) is 20.6 Å². The number of hydrogen-bond donors (Lipinski definition) is 1. The maximum Gasteiger partial charge on any atom is 0.165 e. The van der Waals surface area contributed by atoms with Gasteiger partial charge < -0.3 is 19.5 Å². The number of rotatable bonds is 1. The summed E-state index contributed by atoms with van der Waals surface area (Å²) in [6.45, 7) is -2.74. The van der Waals surface area contributed by atoms with Crippen LogP contribution in [0.15, 0.2) is 24.3 Å². The highest BCUT2D eigenvalue weighted by molar-refractivity contribution is 5.62. The zero-order valence-corrected chi connectivity index (χ0v) is 11.6. The summed E-state index contributed by atoms with van der Waals surface area (Å²) in [6, 6.07) is 1.31. The highest BCUT2D eigenvalue weighted by Crippen LogP contribution is 2.62. The van der Waals surface area contributed by atoms with Crippen molar-refractivity contribution in [1.82, 2.24) is 4.90 Å². The predicted octanol–water partition coefficient (Wildman–Crippen LogP) is 1.50. The van der Waals surface area contributed by atoms with Gasteiger partial charge >= 0.3 is 0 Å². The van der Waals surface area contributed by atoms with Gasteiger partial charge in [0.25, 0.3) is 0 Å². The molecule has 1 N–H and O–H groups in total. The van der Waals surface area contributed by atoms with Gasteiger partial charge in [-0.05, 0) is 37.9 Å². The lowest BCUT2D eigenvalue weighted by Crippen LogP contribution is -2.64. The number of methoxy groups -OCH3 is 1. The maximum atomic E-state index is 10.9. The molecular weight excluding hydrogens is 278 g/mol. The summed E-state index contributed by atoms with van der Waals surface area (Å²) in [4.78, 5) is 1.09. The van der Waals surface area contributed by atoms with Crippen LogP contribution >= 0.6 is 0 Å². The summed E-state index contributed by atoms with van der Waals surface area (Å²) in [6.07, 6.45) is -4.75. The van der Waals surface area contributed by atoms with E-state index in [2.05, 4.69) is 0 Å². The van der Waals surface area contributed by atoms with Crippen LogP contribution in [0.2, 0.25) is 0 Å². The molecule has 116 valence electrons. The Hall–Kier alpha value is -1.52. The molecule has 0 saturated carbocycles. The maximum absolute atomic E-state index is 10.9. The standard InChI is InChI=1S/C18H21NO3/c1-19-8-7-18-11-4-5-13(20)17(18)22-16-14(21-2)6-3-10(15(16)18)9-12(11)19/h3-6,11-13,17,20H,7-9H2,1-2H3/t11-,12+,13?,17?,18-/m0/s1/i1D3,2D3,9D2,13D,17D. The first kappa shape index (κ1) is 6.54. The molecule has 22 heavy (non-hydrogen) atoms. The fourth-order valence-corrected chi connectivity index (χ4v) is 4.39. The van der Waals surface area contributed by atoms with Crippen LogP contribution < -0.4 is 9.47 Å². The van der Waals surface area contributed by atoms with Crippen LogP contribution in [0.25, 0.3) is 0 Å². The third-order valence-electron chi connectivity index (χ3n) is 5.28. The lowest BCUT2D eigenvalue weighted by molar-refractivity contribution is -0.0453. The Morgan fingerprint density at radius 1 is 1.55 bits per heavy atom. The molecule has 2 bridgehead atoms. The van der Waals surface area contributed by atoms with E-state index in [0.29, 0.717) is 0 Å². The number of benzene rings is 1. The van der Waals surface area contributed by atoms with Crippen LogP contribution in [0.4, 0.5) is 0 Å². The molecule has 5 rings (SSSR count). The molecule has 1 aromatic rings. The first-order chi connectivity index (χ1) is 14.5. The van der Waals surface area contributed by atoms with E-state index in [0.717, 1.165) is 11.0 Å². The Labute approximate surface area is 144 Å². The lowest BCUT2D eigenvalue weighted by atomic mass is 9.53. The number of hydrogen-bond acceptors (Lipinski definition) is 4. The summed E-state index contributed by atoms with van der Waals surface area (Å²) in [5, 5.41) is 10.9. The largest absolute Gasteiger partial charge is 0.493 e. The molecule has 0 aromatic heterocycles. The second-order valence-corrected chi connectivity index (χ2v) is 6.12. The molecule has 1 saturated heterocycles. The highest BCUT2D eigenvalue weighted by Gasteiger charge is 2.64. The zero-order valence-electron chi connectivity index (χ0n) is 21.6. The number of piperidine rings is 1. The minimum atomic E-state index is -2.86. The van der Waals surface area contributed by atoms with Crippen LogP contribution in [0.5, 0.6) is 11.5 Å². The molecule has 1 spiro atoms. The van der Waals surface area contributed by atoms with Gasteiger partial charge in [0.2, 0.25) is 0 Å². The summed E-state index contributed by atoms with van der Waals surface area (Å²) >= 11 is 0. The SMILES string of the molecule is [2H]C([2H])([2H])Oc1ccc2c3c1OC1([2H])C([2H])(O)C=C[C@H]4[C@H](N(C([2H])([2H])[2H])CC[C@@]341)C2([2H])[2H]. The number of nitrogens with zero attached hydrogens (tertiary/aromatic N) is 1. The lowest BCUT2D eigenvalue weighted by Gasteiger charge is -2.56. The van der Waals surface area contributed by atoms with Crippen molar-refractivity contribution in [3.8, 4) is 11.5 Å². The van der Waals surface area contributed by atoms with Crippen molar-refractivity contribution >= 4 is 0 Å². The van der Waals surface area contributed by atoms with Crippen LogP contribution in [0, 0.1) is 5.92 Å². The summed E-state index contributed by atoms with van der Waals surface area (Å²) in [5.41, 5.74) is -1.27. The van der Waals surface area contributed by atoms with Gasteiger partial charge in [0, 0.05) is 29.8 Å². The molecule has 2 aliphatic heterocycles. The van der Waals surface area contributed by atoms with E-state index >= 15 is 0 Å². The van der Waals surface area contributed by atoms with Gasteiger partial charge in [-0.2, -0.15) is 0 Å². The summed E-state index contributed by atoms with van der Waals surface area (Å²) in [5.74, 6) is -1.37. The number of ether oxygens (including phenoxy) is 2. The zero-order chi connectivity index (χ0) is 23.7.